The molecule has 0 aliphatic carbocycles. The number of fused-ring (bicyclic) bond motifs is 2. The molecule has 0 radical (unpaired) electrons. The Morgan fingerprint density at radius 3 is 2.58 bits per heavy atom. The summed E-state index contributed by atoms with van der Waals surface area (Å²) in [6, 6.07) is 20.4. The van der Waals surface area contributed by atoms with Crippen LogP contribution in [0.2, 0.25) is 5.02 Å². The number of para-hydroxylation sites is 1. The molecule has 206 valence electrons. The normalized spacial score (nSPS) is 13.4. The number of carbonyl (C=O) groups excluding carboxylic acids is 1. The summed E-state index contributed by atoms with van der Waals surface area (Å²) in [5, 5.41) is 5.19. The SMILES string of the molecule is CN1CCc2c(sc(NC(=O)c3cccc(NS(=O)(=O)c4ccc(Cl)cc4)c3)c2-c2nc3ccccc3s2)C1.Cl. The third-order valence-electron chi connectivity index (χ3n) is 6.48. The van der Waals surface area contributed by atoms with Crippen LogP contribution in [0.25, 0.3) is 20.8 Å². The van der Waals surface area contributed by atoms with Crippen LogP contribution in [0.3, 0.4) is 0 Å². The molecule has 0 bridgehead atoms. The number of likely N-dealkylation sites (N-methyl/N-ethyl adjacent to an activating group) is 1. The second-order valence-corrected chi connectivity index (χ2v) is 13.5. The van der Waals surface area contributed by atoms with E-state index in [0.29, 0.717) is 10.6 Å². The molecule has 0 spiro atoms. The van der Waals surface area contributed by atoms with Crippen LogP contribution in [0.4, 0.5) is 10.7 Å². The minimum atomic E-state index is -3.84. The monoisotopic (exact) mass is 630 g/mol. The number of thiophene rings is 1. The maximum absolute atomic E-state index is 13.4. The van der Waals surface area contributed by atoms with Crippen molar-refractivity contribution in [2.45, 2.75) is 17.9 Å². The summed E-state index contributed by atoms with van der Waals surface area (Å²) in [6.45, 7) is 1.75. The Morgan fingerprint density at radius 1 is 1.02 bits per heavy atom. The number of thiazole rings is 1. The van der Waals surface area contributed by atoms with Crippen molar-refractivity contribution in [3.8, 4) is 10.6 Å². The Labute approximate surface area is 251 Å². The first-order valence-corrected chi connectivity index (χ1v) is 15.6. The molecular formula is C28H24Cl2N4O3S3. The minimum Gasteiger partial charge on any atom is -0.313 e. The van der Waals surface area contributed by atoms with Gasteiger partial charge in [0.15, 0.2) is 0 Å². The van der Waals surface area contributed by atoms with E-state index in [1.165, 1.54) is 40.8 Å². The molecule has 0 saturated heterocycles. The summed E-state index contributed by atoms with van der Waals surface area (Å²) in [5.74, 6) is -0.322. The van der Waals surface area contributed by atoms with Gasteiger partial charge in [-0.15, -0.1) is 35.1 Å². The van der Waals surface area contributed by atoms with Gasteiger partial charge in [-0.2, -0.15) is 0 Å². The van der Waals surface area contributed by atoms with Crippen LogP contribution in [0.1, 0.15) is 20.8 Å². The number of halogens is 2. The summed E-state index contributed by atoms with van der Waals surface area (Å²) in [5.41, 5.74) is 3.78. The van der Waals surface area contributed by atoms with Crippen molar-refractivity contribution in [3.05, 3.63) is 93.8 Å². The van der Waals surface area contributed by atoms with Crippen LogP contribution < -0.4 is 10.0 Å². The Kier molecular flexibility index (Phi) is 8.19. The zero-order chi connectivity index (χ0) is 27.1. The number of anilines is 2. The average molecular weight is 632 g/mol. The highest BCUT2D eigenvalue weighted by Crippen LogP contribution is 2.45. The van der Waals surface area contributed by atoms with Gasteiger partial charge in [-0.25, -0.2) is 13.4 Å². The number of carbonyl (C=O) groups is 1. The maximum Gasteiger partial charge on any atom is 0.261 e. The molecule has 0 fully saturated rings. The van der Waals surface area contributed by atoms with Crippen molar-refractivity contribution in [2.75, 3.05) is 23.6 Å². The van der Waals surface area contributed by atoms with Crippen molar-refractivity contribution < 1.29 is 13.2 Å². The molecule has 1 aliphatic heterocycles. The zero-order valence-corrected chi connectivity index (χ0v) is 25.2. The van der Waals surface area contributed by atoms with Crippen molar-refractivity contribution in [1.82, 2.24) is 9.88 Å². The molecule has 5 aromatic rings. The van der Waals surface area contributed by atoms with Gasteiger partial charge in [0.2, 0.25) is 0 Å². The largest absolute Gasteiger partial charge is 0.313 e. The van der Waals surface area contributed by atoms with Crippen molar-refractivity contribution in [2.24, 2.45) is 0 Å². The molecule has 0 unspecified atom stereocenters. The quantitative estimate of drug-likeness (QED) is 0.208. The summed E-state index contributed by atoms with van der Waals surface area (Å²) in [6.07, 6.45) is 0.880. The van der Waals surface area contributed by atoms with E-state index in [0.717, 1.165) is 45.3 Å². The fourth-order valence-electron chi connectivity index (χ4n) is 4.55. The molecule has 0 atom stereocenters. The Bertz CT molecular complexity index is 1790. The predicted molar refractivity (Wildman–Crippen MR) is 167 cm³/mol. The first-order chi connectivity index (χ1) is 18.8. The number of amides is 1. The average Bonchev–Trinajstić information content (AvgIpc) is 3.49. The van der Waals surface area contributed by atoms with Gasteiger partial charge in [0.1, 0.15) is 10.0 Å². The molecule has 6 rings (SSSR count). The molecule has 1 amide bonds. The topological polar surface area (TPSA) is 91.4 Å². The summed E-state index contributed by atoms with van der Waals surface area (Å²) >= 11 is 9.09. The summed E-state index contributed by atoms with van der Waals surface area (Å²) in [4.78, 5) is 21.9. The smallest absolute Gasteiger partial charge is 0.261 e. The van der Waals surface area contributed by atoms with Crippen LogP contribution >= 0.6 is 46.7 Å². The number of rotatable bonds is 6. The number of hydrogen-bond donors (Lipinski definition) is 2. The van der Waals surface area contributed by atoms with Gasteiger partial charge in [-0.05, 0) is 73.6 Å². The maximum atomic E-state index is 13.4. The van der Waals surface area contributed by atoms with Gasteiger partial charge in [-0.1, -0.05) is 29.8 Å². The molecule has 0 saturated carbocycles. The lowest BCUT2D eigenvalue weighted by atomic mass is 10.0. The molecular weight excluding hydrogens is 607 g/mol. The van der Waals surface area contributed by atoms with Crippen LogP contribution in [0, 0.1) is 0 Å². The second kappa shape index (κ2) is 11.5. The molecule has 40 heavy (non-hydrogen) atoms. The number of nitrogens with one attached hydrogen (secondary N) is 2. The lowest BCUT2D eigenvalue weighted by Gasteiger charge is -2.22. The highest BCUT2D eigenvalue weighted by molar-refractivity contribution is 7.92. The summed E-state index contributed by atoms with van der Waals surface area (Å²) in [7, 11) is -1.75. The van der Waals surface area contributed by atoms with Gasteiger partial charge in [0.05, 0.1) is 15.1 Å². The Morgan fingerprint density at radius 2 is 1.80 bits per heavy atom. The number of sulfonamides is 1. The van der Waals surface area contributed by atoms with Crippen LogP contribution in [-0.2, 0) is 23.0 Å². The number of hydrogen-bond acceptors (Lipinski definition) is 7. The van der Waals surface area contributed by atoms with E-state index in [9.17, 15) is 13.2 Å². The first kappa shape index (κ1) is 28.5. The van der Waals surface area contributed by atoms with E-state index in [1.54, 1.807) is 40.9 Å². The van der Waals surface area contributed by atoms with Gasteiger partial charge in [-0.3, -0.25) is 9.52 Å². The van der Waals surface area contributed by atoms with E-state index in [1.807, 2.05) is 18.2 Å². The van der Waals surface area contributed by atoms with Gasteiger partial charge in [0, 0.05) is 39.8 Å². The minimum absolute atomic E-state index is 0. The highest BCUT2D eigenvalue weighted by Gasteiger charge is 2.27. The molecule has 2 aromatic heterocycles. The predicted octanol–water partition coefficient (Wildman–Crippen LogP) is 7.14. The lowest BCUT2D eigenvalue weighted by Crippen LogP contribution is -2.25. The molecule has 1 aliphatic rings. The Balaban J connectivity index is 0.00000323. The van der Waals surface area contributed by atoms with E-state index in [-0.39, 0.29) is 28.9 Å². The van der Waals surface area contributed by atoms with Gasteiger partial charge < -0.3 is 10.2 Å². The van der Waals surface area contributed by atoms with Gasteiger partial charge >= 0.3 is 0 Å². The molecule has 3 heterocycles. The van der Waals surface area contributed by atoms with Crippen LogP contribution in [-0.4, -0.2) is 37.8 Å². The molecule has 12 heteroatoms. The number of nitrogens with zero attached hydrogens (tertiary/aromatic N) is 2. The van der Waals surface area contributed by atoms with E-state index >= 15 is 0 Å². The number of aromatic nitrogens is 1. The van der Waals surface area contributed by atoms with E-state index < -0.39 is 10.0 Å². The van der Waals surface area contributed by atoms with Crippen molar-refractivity contribution in [3.63, 3.8) is 0 Å². The number of benzene rings is 3. The van der Waals surface area contributed by atoms with Gasteiger partial charge in [0.25, 0.3) is 15.9 Å². The molecule has 7 nitrogen and oxygen atoms in total. The highest BCUT2D eigenvalue weighted by atomic mass is 35.5. The Hall–Kier alpha value is -2.99. The first-order valence-electron chi connectivity index (χ1n) is 12.2. The van der Waals surface area contributed by atoms with E-state index in [2.05, 4.69) is 28.1 Å². The van der Waals surface area contributed by atoms with Crippen molar-refractivity contribution >= 4 is 83.5 Å². The standard InChI is InChI=1S/C28H23ClN4O3S3.ClH/c1-33-14-13-21-24(16-33)38-28(25(21)27-30-22-7-2-3-8-23(22)37-27)31-26(34)17-5-4-6-19(15-17)32-39(35,36)20-11-9-18(29)10-12-20;/h2-12,15,32H,13-14,16H2,1H3,(H,31,34);1H. The fraction of sp³-hybridized carbons (Fsp3) is 0.143. The third kappa shape index (κ3) is 5.74. The summed E-state index contributed by atoms with van der Waals surface area (Å²) < 4.78 is 29.3. The molecule has 2 N–H and O–H groups in total. The third-order valence-corrected chi connectivity index (χ3v) is 10.3. The zero-order valence-electron chi connectivity index (χ0n) is 21.2. The lowest BCUT2D eigenvalue weighted by molar-refractivity contribution is 0.102. The molecule has 3 aromatic carbocycles. The second-order valence-electron chi connectivity index (χ2n) is 9.28. The van der Waals surface area contributed by atoms with E-state index in [4.69, 9.17) is 16.6 Å². The van der Waals surface area contributed by atoms with Crippen LogP contribution in [0.15, 0.2) is 77.7 Å². The van der Waals surface area contributed by atoms with Crippen LogP contribution in [0.5, 0.6) is 0 Å². The van der Waals surface area contributed by atoms with Crippen molar-refractivity contribution in [1.29, 1.82) is 0 Å². The fourth-order valence-corrected chi connectivity index (χ4v) is 8.16.